The van der Waals surface area contributed by atoms with Gasteiger partial charge in [0.05, 0.1) is 24.0 Å². The molecule has 6 nitrogen and oxygen atoms in total. The molecule has 0 saturated heterocycles. The van der Waals surface area contributed by atoms with Crippen LogP contribution in [0.5, 0.6) is 11.5 Å². The Morgan fingerprint density at radius 3 is 3.04 bits per heavy atom. The van der Waals surface area contributed by atoms with E-state index in [4.69, 9.17) is 9.47 Å². The molecule has 0 radical (unpaired) electrons. The van der Waals surface area contributed by atoms with Crippen molar-refractivity contribution in [3.63, 3.8) is 0 Å². The van der Waals surface area contributed by atoms with E-state index in [1.807, 2.05) is 35.0 Å². The maximum atomic E-state index is 12.0. The number of carbonyl (C=O) groups excluding carboxylic acids is 1. The molecule has 0 unspecified atom stereocenters. The highest BCUT2D eigenvalue weighted by atomic mass is 32.1. The summed E-state index contributed by atoms with van der Waals surface area (Å²) in [5, 5.41) is 10.8. The number of carbonyl (C=O) groups is 1. The van der Waals surface area contributed by atoms with Crippen molar-refractivity contribution in [1.29, 1.82) is 0 Å². The third kappa shape index (κ3) is 3.11. The van der Waals surface area contributed by atoms with Crippen molar-refractivity contribution >= 4 is 22.9 Å². The first kappa shape index (κ1) is 14.8. The minimum absolute atomic E-state index is 0.125. The smallest absolute Gasteiger partial charge is 0.256 e. The maximum absolute atomic E-state index is 12.0. The van der Waals surface area contributed by atoms with Crippen molar-refractivity contribution in [2.45, 2.75) is 12.6 Å². The highest BCUT2D eigenvalue weighted by Gasteiger charge is 2.21. The Hall–Kier alpha value is -2.80. The summed E-state index contributed by atoms with van der Waals surface area (Å²) in [4.78, 5) is 12.0. The quantitative estimate of drug-likeness (QED) is 0.792. The lowest BCUT2D eigenvalue weighted by Gasteiger charge is -2.26. The highest BCUT2D eigenvalue weighted by Crippen LogP contribution is 2.31. The molecule has 0 aliphatic carbocycles. The standard InChI is InChI=1S/C17H15N3O3S/c21-17(12-5-6-24-11-12)19-13-7-18-20(8-13)9-14-10-22-15-3-1-2-4-16(15)23-14/h1-8,11,14H,9-10H2,(H,19,21)/t14-/m0/s1. The predicted octanol–water partition coefficient (Wildman–Crippen LogP) is 3.04. The first-order chi connectivity index (χ1) is 11.8. The SMILES string of the molecule is O=C(Nc1cnn(C[C@H]2COc3ccccc3O2)c1)c1ccsc1. The van der Waals surface area contributed by atoms with E-state index in [9.17, 15) is 4.79 Å². The van der Waals surface area contributed by atoms with E-state index >= 15 is 0 Å². The first-order valence-electron chi connectivity index (χ1n) is 7.52. The lowest BCUT2D eigenvalue weighted by atomic mass is 10.2. The number of benzene rings is 1. The van der Waals surface area contributed by atoms with Crippen LogP contribution in [-0.4, -0.2) is 28.4 Å². The van der Waals surface area contributed by atoms with Gasteiger partial charge in [-0.2, -0.15) is 16.4 Å². The number of ether oxygens (including phenoxy) is 2. The minimum atomic E-state index is -0.137. The molecule has 3 aromatic rings. The monoisotopic (exact) mass is 341 g/mol. The van der Waals surface area contributed by atoms with Crippen LogP contribution in [0.15, 0.2) is 53.5 Å². The first-order valence-corrected chi connectivity index (χ1v) is 8.47. The summed E-state index contributed by atoms with van der Waals surface area (Å²) < 4.78 is 13.3. The van der Waals surface area contributed by atoms with Gasteiger partial charge in [-0.25, -0.2) is 0 Å². The Morgan fingerprint density at radius 2 is 2.21 bits per heavy atom. The number of nitrogens with one attached hydrogen (secondary N) is 1. The van der Waals surface area contributed by atoms with Crippen molar-refractivity contribution < 1.29 is 14.3 Å². The molecule has 0 saturated carbocycles. The Balaban J connectivity index is 1.38. The molecule has 1 N–H and O–H groups in total. The zero-order chi connectivity index (χ0) is 16.4. The topological polar surface area (TPSA) is 65.4 Å². The number of para-hydroxylation sites is 2. The second-order valence-electron chi connectivity index (χ2n) is 5.41. The Bertz CT molecular complexity index is 844. The highest BCUT2D eigenvalue weighted by molar-refractivity contribution is 7.08. The van der Waals surface area contributed by atoms with E-state index in [1.165, 1.54) is 11.3 Å². The van der Waals surface area contributed by atoms with E-state index in [0.29, 0.717) is 24.4 Å². The van der Waals surface area contributed by atoms with Crippen LogP contribution in [0.1, 0.15) is 10.4 Å². The van der Waals surface area contributed by atoms with Gasteiger partial charge in [0.2, 0.25) is 0 Å². The molecule has 1 atom stereocenters. The lowest BCUT2D eigenvalue weighted by molar-refractivity contribution is 0.0759. The summed E-state index contributed by atoms with van der Waals surface area (Å²) in [6, 6.07) is 9.39. The maximum Gasteiger partial charge on any atom is 0.256 e. The molecule has 4 rings (SSSR count). The Morgan fingerprint density at radius 1 is 1.33 bits per heavy atom. The second kappa shape index (κ2) is 6.37. The van der Waals surface area contributed by atoms with Crippen LogP contribution in [0.4, 0.5) is 5.69 Å². The molecule has 1 aliphatic rings. The summed E-state index contributed by atoms with van der Waals surface area (Å²) in [6.45, 7) is 1.01. The van der Waals surface area contributed by atoms with Gasteiger partial charge in [-0.15, -0.1) is 0 Å². The number of thiophene rings is 1. The fourth-order valence-corrected chi connectivity index (χ4v) is 3.12. The molecular formula is C17H15N3O3S. The summed E-state index contributed by atoms with van der Waals surface area (Å²) in [5.74, 6) is 1.37. The van der Waals surface area contributed by atoms with Gasteiger partial charge < -0.3 is 14.8 Å². The molecule has 2 aromatic heterocycles. The molecule has 24 heavy (non-hydrogen) atoms. The fourth-order valence-electron chi connectivity index (χ4n) is 2.49. The molecule has 1 aliphatic heterocycles. The summed E-state index contributed by atoms with van der Waals surface area (Å²) in [6.07, 6.45) is 3.29. The molecule has 1 aromatic carbocycles. The fraction of sp³-hybridized carbons (Fsp3) is 0.176. The van der Waals surface area contributed by atoms with Gasteiger partial charge in [0, 0.05) is 11.6 Å². The lowest BCUT2D eigenvalue weighted by Crippen LogP contribution is -2.33. The molecule has 0 bridgehead atoms. The minimum Gasteiger partial charge on any atom is -0.486 e. The normalized spacial score (nSPS) is 15.9. The summed E-state index contributed by atoms with van der Waals surface area (Å²) in [7, 11) is 0. The van der Waals surface area contributed by atoms with Crippen molar-refractivity contribution in [1.82, 2.24) is 9.78 Å². The second-order valence-corrected chi connectivity index (χ2v) is 6.19. The van der Waals surface area contributed by atoms with Crippen molar-refractivity contribution in [3.8, 4) is 11.5 Å². The number of nitrogens with zero attached hydrogens (tertiary/aromatic N) is 2. The Kier molecular flexibility index (Phi) is 3.92. The third-order valence-corrected chi connectivity index (χ3v) is 4.32. The number of hydrogen-bond donors (Lipinski definition) is 1. The number of anilines is 1. The molecule has 0 fully saturated rings. The summed E-state index contributed by atoms with van der Waals surface area (Å²) >= 11 is 1.49. The van der Waals surface area contributed by atoms with E-state index in [-0.39, 0.29) is 12.0 Å². The third-order valence-electron chi connectivity index (χ3n) is 3.63. The van der Waals surface area contributed by atoms with E-state index in [0.717, 1.165) is 11.5 Å². The Labute approximate surface area is 142 Å². The van der Waals surface area contributed by atoms with Gasteiger partial charge in [0.1, 0.15) is 6.61 Å². The van der Waals surface area contributed by atoms with Crippen molar-refractivity contribution in [2.24, 2.45) is 0 Å². The van der Waals surface area contributed by atoms with Crippen LogP contribution in [0.2, 0.25) is 0 Å². The van der Waals surface area contributed by atoms with Gasteiger partial charge in [-0.3, -0.25) is 9.48 Å². The van der Waals surface area contributed by atoms with Crippen LogP contribution in [-0.2, 0) is 6.54 Å². The zero-order valence-electron chi connectivity index (χ0n) is 12.7. The van der Waals surface area contributed by atoms with Gasteiger partial charge in [0.25, 0.3) is 5.91 Å². The zero-order valence-corrected chi connectivity index (χ0v) is 13.5. The molecule has 3 heterocycles. The molecule has 1 amide bonds. The van der Waals surface area contributed by atoms with E-state index in [1.54, 1.807) is 23.1 Å². The number of hydrogen-bond acceptors (Lipinski definition) is 5. The average Bonchev–Trinajstić information content (AvgIpc) is 3.27. The largest absolute Gasteiger partial charge is 0.486 e. The van der Waals surface area contributed by atoms with Gasteiger partial charge >= 0.3 is 0 Å². The van der Waals surface area contributed by atoms with Gasteiger partial charge in [-0.1, -0.05) is 12.1 Å². The molecule has 0 spiro atoms. The molecule has 122 valence electrons. The van der Waals surface area contributed by atoms with Crippen molar-refractivity contribution in [2.75, 3.05) is 11.9 Å². The number of amides is 1. The number of fused-ring (bicyclic) bond motifs is 1. The van der Waals surface area contributed by atoms with Gasteiger partial charge in [0.15, 0.2) is 17.6 Å². The number of aromatic nitrogens is 2. The number of rotatable bonds is 4. The van der Waals surface area contributed by atoms with E-state index < -0.39 is 0 Å². The van der Waals surface area contributed by atoms with Crippen LogP contribution in [0.3, 0.4) is 0 Å². The van der Waals surface area contributed by atoms with Crippen LogP contribution >= 0.6 is 11.3 Å². The molecular weight excluding hydrogens is 326 g/mol. The predicted molar refractivity (Wildman–Crippen MR) is 90.9 cm³/mol. The van der Waals surface area contributed by atoms with Crippen LogP contribution in [0.25, 0.3) is 0 Å². The van der Waals surface area contributed by atoms with Crippen LogP contribution in [0, 0.1) is 0 Å². The van der Waals surface area contributed by atoms with Crippen LogP contribution < -0.4 is 14.8 Å². The van der Waals surface area contributed by atoms with Crippen molar-refractivity contribution in [3.05, 3.63) is 59.0 Å². The summed E-state index contributed by atoms with van der Waals surface area (Å²) in [5.41, 5.74) is 1.30. The van der Waals surface area contributed by atoms with E-state index in [2.05, 4.69) is 10.4 Å². The van der Waals surface area contributed by atoms with Gasteiger partial charge in [-0.05, 0) is 23.6 Å². The molecule has 7 heteroatoms. The average molecular weight is 341 g/mol.